The molecule has 13 heavy (non-hydrogen) atoms. The first-order valence-electron chi connectivity index (χ1n) is 3.66. The van der Waals surface area contributed by atoms with Gasteiger partial charge in [-0.3, -0.25) is 14.3 Å². The molecular formula is C9H9NO2S. The van der Waals surface area contributed by atoms with Crippen molar-refractivity contribution < 1.29 is 9.59 Å². The Hall–Kier alpha value is -1.29. The molecule has 0 aliphatic carbocycles. The molecule has 1 amide bonds. The van der Waals surface area contributed by atoms with Crippen molar-refractivity contribution in [2.24, 2.45) is 0 Å². The van der Waals surface area contributed by atoms with Crippen LogP contribution in [0.2, 0.25) is 0 Å². The molecule has 1 N–H and O–H groups in total. The summed E-state index contributed by atoms with van der Waals surface area (Å²) in [6.07, 6.45) is 2.48. The fourth-order valence-electron chi connectivity index (χ4n) is 0.905. The lowest BCUT2D eigenvalue weighted by Crippen LogP contribution is -2.15. The zero-order chi connectivity index (χ0) is 9.68. The quantitative estimate of drug-likeness (QED) is 0.587. The minimum absolute atomic E-state index is 0.184. The average molecular weight is 195 g/mol. The molecule has 0 atom stereocenters. The molecule has 0 aromatic heterocycles. The van der Waals surface area contributed by atoms with Crippen molar-refractivity contribution in [2.45, 2.75) is 0 Å². The fourth-order valence-corrected chi connectivity index (χ4v) is 1.21. The van der Waals surface area contributed by atoms with E-state index < -0.39 is 0 Å². The predicted octanol–water partition coefficient (Wildman–Crippen LogP) is 1.51. The topological polar surface area (TPSA) is 46.2 Å². The van der Waals surface area contributed by atoms with Crippen LogP contribution in [0.15, 0.2) is 24.3 Å². The lowest BCUT2D eigenvalue weighted by Gasteiger charge is -2.00. The van der Waals surface area contributed by atoms with Crippen molar-refractivity contribution >= 4 is 24.1 Å². The Morgan fingerprint density at radius 2 is 2.31 bits per heavy atom. The summed E-state index contributed by atoms with van der Waals surface area (Å²) in [7, 11) is 0. The molecule has 0 aliphatic rings. The van der Waals surface area contributed by atoms with E-state index in [0.29, 0.717) is 11.1 Å². The van der Waals surface area contributed by atoms with E-state index in [4.69, 9.17) is 0 Å². The van der Waals surface area contributed by atoms with Crippen LogP contribution in [0.5, 0.6) is 0 Å². The molecule has 0 saturated carbocycles. The SMILES string of the molecule is CSNC(=O)c1cccc(C=O)c1. The van der Waals surface area contributed by atoms with Crippen LogP contribution in [-0.2, 0) is 0 Å². The van der Waals surface area contributed by atoms with Crippen LogP contribution in [0.1, 0.15) is 20.7 Å². The van der Waals surface area contributed by atoms with E-state index in [1.807, 2.05) is 0 Å². The van der Waals surface area contributed by atoms with Crippen LogP contribution >= 0.6 is 11.9 Å². The van der Waals surface area contributed by atoms with E-state index in [2.05, 4.69) is 4.72 Å². The molecule has 4 heteroatoms. The Labute approximate surface area is 80.7 Å². The monoisotopic (exact) mass is 195 g/mol. The van der Waals surface area contributed by atoms with Gasteiger partial charge in [0.1, 0.15) is 6.29 Å². The first-order chi connectivity index (χ1) is 6.27. The van der Waals surface area contributed by atoms with Crippen LogP contribution in [-0.4, -0.2) is 18.4 Å². The smallest absolute Gasteiger partial charge is 0.261 e. The maximum Gasteiger partial charge on any atom is 0.261 e. The molecule has 1 rings (SSSR count). The van der Waals surface area contributed by atoms with Crippen molar-refractivity contribution in [2.75, 3.05) is 6.26 Å². The van der Waals surface area contributed by atoms with E-state index in [1.165, 1.54) is 11.9 Å². The standard InChI is InChI=1S/C9H9NO2S/c1-13-10-9(12)8-4-2-3-7(5-8)6-11/h2-6H,1H3,(H,10,12). The Morgan fingerprint density at radius 3 is 2.92 bits per heavy atom. The van der Waals surface area contributed by atoms with Gasteiger partial charge in [0.15, 0.2) is 0 Å². The molecule has 0 spiro atoms. The highest BCUT2D eigenvalue weighted by Gasteiger charge is 2.03. The molecule has 1 aromatic rings. The largest absolute Gasteiger partial charge is 0.298 e. The highest BCUT2D eigenvalue weighted by Crippen LogP contribution is 2.04. The van der Waals surface area contributed by atoms with Gasteiger partial charge in [-0.15, -0.1) is 0 Å². The molecule has 0 bridgehead atoms. The van der Waals surface area contributed by atoms with Gasteiger partial charge in [-0.1, -0.05) is 24.1 Å². The van der Waals surface area contributed by atoms with Crippen LogP contribution in [0, 0.1) is 0 Å². The van der Waals surface area contributed by atoms with Gasteiger partial charge in [-0.25, -0.2) is 0 Å². The number of rotatable bonds is 3. The van der Waals surface area contributed by atoms with E-state index in [0.717, 1.165) is 6.29 Å². The van der Waals surface area contributed by atoms with Gasteiger partial charge >= 0.3 is 0 Å². The summed E-state index contributed by atoms with van der Waals surface area (Å²) in [5, 5.41) is 0. The Morgan fingerprint density at radius 1 is 1.54 bits per heavy atom. The summed E-state index contributed by atoms with van der Waals surface area (Å²) in [5.41, 5.74) is 1.01. The van der Waals surface area contributed by atoms with Gasteiger partial charge in [0.05, 0.1) is 0 Å². The molecular weight excluding hydrogens is 186 g/mol. The predicted molar refractivity (Wildman–Crippen MR) is 52.8 cm³/mol. The number of nitrogens with one attached hydrogen (secondary N) is 1. The van der Waals surface area contributed by atoms with Crippen LogP contribution in [0.3, 0.4) is 0 Å². The van der Waals surface area contributed by atoms with Crippen molar-refractivity contribution in [3.05, 3.63) is 35.4 Å². The summed E-state index contributed by atoms with van der Waals surface area (Å²) >= 11 is 1.23. The maximum absolute atomic E-state index is 11.3. The lowest BCUT2D eigenvalue weighted by molar-refractivity contribution is 0.0984. The Bertz CT molecular complexity index is 325. The summed E-state index contributed by atoms with van der Waals surface area (Å²) in [5.74, 6) is -0.184. The minimum Gasteiger partial charge on any atom is -0.298 e. The van der Waals surface area contributed by atoms with E-state index in [9.17, 15) is 9.59 Å². The number of aldehydes is 1. The molecule has 0 unspecified atom stereocenters. The van der Waals surface area contributed by atoms with Crippen molar-refractivity contribution in [1.29, 1.82) is 0 Å². The first kappa shape index (κ1) is 9.80. The van der Waals surface area contributed by atoms with Crippen LogP contribution in [0.25, 0.3) is 0 Å². The Balaban J connectivity index is 2.88. The van der Waals surface area contributed by atoms with E-state index >= 15 is 0 Å². The minimum atomic E-state index is -0.184. The number of benzene rings is 1. The van der Waals surface area contributed by atoms with Crippen LogP contribution < -0.4 is 4.72 Å². The van der Waals surface area contributed by atoms with Gasteiger partial charge in [0, 0.05) is 17.4 Å². The summed E-state index contributed by atoms with van der Waals surface area (Å²) in [6, 6.07) is 6.55. The molecule has 0 radical (unpaired) electrons. The normalized spacial score (nSPS) is 9.31. The van der Waals surface area contributed by atoms with Crippen molar-refractivity contribution in [3.8, 4) is 0 Å². The Kier molecular flexibility index (Phi) is 3.52. The number of carbonyl (C=O) groups is 2. The third-order valence-corrected chi connectivity index (χ3v) is 1.87. The molecule has 0 fully saturated rings. The fraction of sp³-hybridized carbons (Fsp3) is 0.111. The summed E-state index contributed by atoms with van der Waals surface area (Å²) in [6.45, 7) is 0. The molecule has 68 valence electrons. The first-order valence-corrected chi connectivity index (χ1v) is 4.89. The van der Waals surface area contributed by atoms with Gasteiger partial charge in [-0.2, -0.15) is 0 Å². The number of hydrogen-bond donors (Lipinski definition) is 1. The number of hydrogen-bond acceptors (Lipinski definition) is 3. The highest BCUT2D eigenvalue weighted by atomic mass is 32.2. The third kappa shape index (κ3) is 2.59. The van der Waals surface area contributed by atoms with Gasteiger partial charge in [0.25, 0.3) is 5.91 Å². The highest BCUT2D eigenvalue weighted by molar-refractivity contribution is 7.97. The van der Waals surface area contributed by atoms with Crippen LogP contribution in [0.4, 0.5) is 0 Å². The zero-order valence-corrected chi connectivity index (χ0v) is 7.93. The number of carbonyl (C=O) groups excluding carboxylic acids is 2. The van der Waals surface area contributed by atoms with Gasteiger partial charge in [0.2, 0.25) is 0 Å². The van der Waals surface area contributed by atoms with Crippen molar-refractivity contribution in [1.82, 2.24) is 4.72 Å². The van der Waals surface area contributed by atoms with E-state index in [-0.39, 0.29) is 5.91 Å². The second kappa shape index (κ2) is 4.67. The second-order valence-electron chi connectivity index (χ2n) is 2.38. The van der Waals surface area contributed by atoms with Crippen molar-refractivity contribution in [3.63, 3.8) is 0 Å². The lowest BCUT2D eigenvalue weighted by atomic mass is 10.1. The molecule has 3 nitrogen and oxygen atoms in total. The zero-order valence-electron chi connectivity index (χ0n) is 7.11. The number of amides is 1. The molecule has 0 aliphatic heterocycles. The molecule has 0 saturated heterocycles. The molecule has 0 heterocycles. The van der Waals surface area contributed by atoms with Gasteiger partial charge < -0.3 is 0 Å². The summed E-state index contributed by atoms with van der Waals surface area (Å²) < 4.78 is 2.57. The molecule has 1 aromatic carbocycles. The van der Waals surface area contributed by atoms with E-state index in [1.54, 1.807) is 30.5 Å². The maximum atomic E-state index is 11.3. The summed E-state index contributed by atoms with van der Waals surface area (Å²) in [4.78, 5) is 21.7. The van der Waals surface area contributed by atoms with Gasteiger partial charge in [-0.05, 0) is 12.1 Å². The third-order valence-electron chi connectivity index (χ3n) is 1.48. The average Bonchev–Trinajstić information content (AvgIpc) is 2.18. The second-order valence-corrected chi connectivity index (χ2v) is 2.99.